The Balaban J connectivity index is 1.98. The van der Waals surface area contributed by atoms with Gasteiger partial charge in [0.15, 0.2) is 12.4 Å². The minimum absolute atomic E-state index is 0.140. The van der Waals surface area contributed by atoms with Gasteiger partial charge in [0.2, 0.25) is 0 Å². The van der Waals surface area contributed by atoms with E-state index in [2.05, 4.69) is 10.9 Å². The topological polar surface area (TPSA) is 98.3 Å². The SMILES string of the molecule is Cc1occc1C(=O)NNC(=O)c1ccc[n+]([O-])c1. The maximum Gasteiger partial charge on any atom is 0.275 e. The van der Waals surface area contributed by atoms with Crippen molar-refractivity contribution < 1.29 is 18.7 Å². The zero-order valence-corrected chi connectivity index (χ0v) is 10.0. The number of hydrazine groups is 1. The van der Waals surface area contributed by atoms with E-state index in [1.807, 2.05) is 0 Å². The van der Waals surface area contributed by atoms with Crippen molar-refractivity contribution >= 4 is 11.8 Å². The standard InChI is InChI=1S/C12H11N3O4/c1-8-10(4-6-19-8)12(17)14-13-11(16)9-3-2-5-15(18)7-9/h2-7H,1H3,(H,13,16)(H,14,17). The van der Waals surface area contributed by atoms with Crippen molar-refractivity contribution in [2.75, 3.05) is 0 Å². The predicted molar refractivity (Wildman–Crippen MR) is 63.8 cm³/mol. The molecule has 2 aromatic heterocycles. The van der Waals surface area contributed by atoms with Crippen LogP contribution in [0.25, 0.3) is 0 Å². The van der Waals surface area contributed by atoms with E-state index < -0.39 is 11.8 Å². The number of pyridine rings is 1. The second kappa shape index (κ2) is 5.21. The highest BCUT2D eigenvalue weighted by molar-refractivity contribution is 5.99. The average Bonchev–Trinajstić information content (AvgIpc) is 2.82. The number of nitrogens with zero attached hydrogens (tertiary/aromatic N) is 1. The second-order valence-corrected chi connectivity index (χ2v) is 3.75. The molecular formula is C12H11N3O4. The maximum absolute atomic E-state index is 11.7. The average molecular weight is 261 g/mol. The molecule has 0 aliphatic carbocycles. The number of carbonyl (C=O) groups excluding carboxylic acids is 2. The lowest BCUT2D eigenvalue weighted by Gasteiger charge is -2.06. The predicted octanol–water partition coefficient (Wildman–Crippen LogP) is 0.296. The van der Waals surface area contributed by atoms with Gasteiger partial charge in [-0.05, 0) is 19.1 Å². The molecule has 0 spiro atoms. The molecule has 0 bridgehead atoms. The van der Waals surface area contributed by atoms with Crippen LogP contribution in [0.3, 0.4) is 0 Å². The number of amides is 2. The Bertz CT molecular complexity index is 621. The number of aromatic nitrogens is 1. The van der Waals surface area contributed by atoms with Crippen molar-refractivity contribution in [1.29, 1.82) is 0 Å². The van der Waals surface area contributed by atoms with Crippen LogP contribution in [0.15, 0.2) is 41.3 Å². The van der Waals surface area contributed by atoms with Crippen molar-refractivity contribution in [2.45, 2.75) is 6.92 Å². The van der Waals surface area contributed by atoms with Gasteiger partial charge in [-0.15, -0.1) is 0 Å². The van der Waals surface area contributed by atoms with Crippen LogP contribution in [-0.2, 0) is 0 Å². The number of aryl methyl sites for hydroxylation is 1. The molecule has 0 aliphatic rings. The van der Waals surface area contributed by atoms with Crippen LogP contribution in [0.2, 0.25) is 0 Å². The van der Waals surface area contributed by atoms with Crippen LogP contribution in [0.1, 0.15) is 26.5 Å². The third-order valence-electron chi connectivity index (χ3n) is 2.43. The van der Waals surface area contributed by atoms with Crippen molar-refractivity contribution in [3.05, 3.63) is 59.0 Å². The van der Waals surface area contributed by atoms with Crippen molar-refractivity contribution in [1.82, 2.24) is 10.9 Å². The zero-order chi connectivity index (χ0) is 13.8. The van der Waals surface area contributed by atoms with E-state index in [-0.39, 0.29) is 5.56 Å². The molecule has 2 rings (SSSR count). The number of hydrogen-bond acceptors (Lipinski definition) is 4. The summed E-state index contributed by atoms with van der Waals surface area (Å²) in [4.78, 5) is 23.3. The fourth-order valence-corrected chi connectivity index (χ4v) is 1.46. The molecule has 7 nitrogen and oxygen atoms in total. The minimum Gasteiger partial charge on any atom is -0.619 e. The molecule has 2 heterocycles. The Morgan fingerprint density at radius 3 is 2.63 bits per heavy atom. The van der Waals surface area contributed by atoms with E-state index in [0.717, 1.165) is 6.20 Å². The van der Waals surface area contributed by atoms with Crippen LogP contribution in [0.5, 0.6) is 0 Å². The molecule has 0 saturated heterocycles. The van der Waals surface area contributed by atoms with E-state index in [9.17, 15) is 14.8 Å². The lowest BCUT2D eigenvalue weighted by molar-refractivity contribution is -0.605. The zero-order valence-electron chi connectivity index (χ0n) is 10.0. The van der Waals surface area contributed by atoms with Crippen LogP contribution >= 0.6 is 0 Å². The molecule has 19 heavy (non-hydrogen) atoms. The molecule has 0 aliphatic heterocycles. The fraction of sp³-hybridized carbons (Fsp3) is 0.0833. The van der Waals surface area contributed by atoms with Gasteiger partial charge in [0.05, 0.1) is 11.8 Å². The van der Waals surface area contributed by atoms with Crippen molar-refractivity contribution in [3.63, 3.8) is 0 Å². The summed E-state index contributed by atoms with van der Waals surface area (Å²) in [7, 11) is 0. The van der Waals surface area contributed by atoms with Crippen LogP contribution in [0, 0.1) is 12.1 Å². The van der Waals surface area contributed by atoms with Gasteiger partial charge in [0.25, 0.3) is 11.8 Å². The van der Waals surface area contributed by atoms with Crippen LogP contribution in [-0.4, -0.2) is 11.8 Å². The summed E-state index contributed by atoms with van der Waals surface area (Å²) in [5.74, 6) is -0.630. The Hall–Kier alpha value is -2.83. The molecule has 0 radical (unpaired) electrons. The first kappa shape index (κ1) is 12.6. The third-order valence-corrected chi connectivity index (χ3v) is 2.43. The number of carbonyl (C=O) groups is 2. The van der Waals surface area contributed by atoms with Gasteiger partial charge in [0.1, 0.15) is 11.3 Å². The summed E-state index contributed by atoms with van der Waals surface area (Å²) < 4.78 is 5.47. The van der Waals surface area contributed by atoms with Gasteiger partial charge < -0.3 is 9.62 Å². The highest BCUT2D eigenvalue weighted by Gasteiger charge is 2.13. The molecule has 0 aromatic carbocycles. The van der Waals surface area contributed by atoms with E-state index in [1.165, 1.54) is 30.7 Å². The van der Waals surface area contributed by atoms with Crippen molar-refractivity contribution in [3.8, 4) is 0 Å². The first-order valence-electron chi connectivity index (χ1n) is 5.41. The smallest absolute Gasteiger partial charge is 0.275 e. The Morgan fingerprint density at radius 1 is 1.26 bits per heavy atom. The molecule has 98 valence electrons. The lowest BCUT2D eigenvalue weighted by atomic mass is 10.2. The van der Waals surface area contributed by atoms with Gasteiger partial charge in [-0.3, -0.25) is 20.4 Å². The van der Waals surface area contributed by atoms with Gasteiger partial charge in [-0.25, -0.2) is 0 Å². The molecule has 0 fully saturated rings. The molecule has 7 heteroatoms. The van der Waals surface area contributed by atoms with Gasteiger partial charge >= 0.3 is 0 Å². The molecule has 2 aromatic rings. The molecular weight excluding hydrogens is 250 g/mol. The van der Waals surface area contributed by atoms with Gasteiger partial charge in [0, 0.05) is 6.07 Å². The Morgan fingerprint density at radius 2 is 2.00 bits per heavy atom. The number of hydrogen-bond donors (Lipinski definition) is 2. The first-order valence-corrected chi connectivity index (χ1v) is 5.41. The summed E-state index contributed by atoms with van der Waals surface area (Å²) in [6.07, 6.45) is 3.73. The van der Waals surface area contributed by atoms with E-state index in [0.29, 0.717) is 16.1 Å². The summed E-state index contributed by atoms with van der Waals surface area (Å²) in [5.41, 5.74) is 4.91. The van der Waals surface area contributed by atoms with Gasteiger partial charge in [-0.1, -0.05) is 0 Å². The fourth-order valence-electron chi connectivity index (χ4n) is 1.46. The summed E-state index contributed by atoms with van der Waals surface area (Å²) >= 11 is 0. The summed E-state index contributed by atoms with van der Waals surface area (Å²) in [6, 6.07) is 4.38. The van der Waals surface area contributed by atoms with E-state index in [4.69, 9.17) is 4.42 Å². The first-order chi connectivity index (χ1) is 9.08. The maximum atomic E-state index is 11.7. The molecule has 0 atom stereocenters. The van der Waals surface area contributed by atoms with Crippen LogP contribution < -0.4 is 15.6 Å². The molecule has 2 amide bonds. The number of rotatable bonds is 2. The Kier molecular flexibility index (Phi) is 3.46. The molecule has 0 saturated carbocycles. The highest BCUT2D eigenvalue weighted by atomic mass is 16.5. The molecule has 0 unspecified atom stereocenters. The third kappa shape index (κ3) is 2.89. The Labute approximate surface area is 108 Å². The van der Waals surface area contributed by atoms with E-state index in [1.54, 1.807) is 6.92 Å². The monoisotopic (exact) mass is 261 g/mol. The largest absolute Gasteiger partial charge is 0.619 e. The van der Waals surface area contributed by atoms with Crippen molar-refractivity contribution in [2.24, 2.45) is 0 Å². The second-order valence-electron chi connectivity index (χ2n) is 3.75. The minimum atomic E-state index is -0.584. The van der Waals surface area contributed by atoms with Gasteiger partial charge in [-0.2, -0.15) is 4.73 Å². The summed E-state index contributed by atoms with van der Waals surface area (Å²) in [6.45, 7) is 1.63. The molecule has 2 N–H and O–H groups in total. The highest BCUT2D eigenvalue weighted by Crippen LogP contribution is 2.07. The quantitative estimate of drug-likeness (QED) is 0.461. The summed E-state index contributed by atoms with van der Waals surface area (Å²) in [5, 5.41) is 11.0. The number of furan rings is 1. The number of nitrogens with one attached hydrogen (secondary N) is 2. The normalized spacial score (nSPS) is 9.95. The van der Waals surface area contributed by atoms with Crippen LogP contribution in [0.4, 0.5) is 0 Å². The lowest BCUT2D eigenvalue weighted by Crippen LogP contribution is -2.42. The van der Waals surface area contributed by atoms with E-state index >= 15 is 0 Å².